The van der Waals surface area contributed by atoms with Crippen LogP contribution in [0.4, 0.5) is 0 Å². The molecule has 0 atom stereocenters. The molecule has 36 heavy (non-hydrogen) atoms. The Morgan fingerprint density at radius 3 is 2.25 bits per heavy atom. The Balaban J connectivity index is 1.56. The fraction of sp³-hybridized carbons (Fsp3) is 0.0667. The monoisotopic (exact) mass is 495 g/mol. The summed E-state index contributed by atoms with van der Waals surface area (Å²) in [7, 11) is 1.66. The zero-order valence-corrected chi connectivity index (χ0v) is 20.2. The van der Waals surface area contributed by atoms with Crippen molar-refractivity contribution in [2.75, 3.05) is 7.11 Å². The summed E-state index contributed by atoms with van der Waals surface area (Å²) in [5, 5.41) is 10.5. The number of carboxylic acids is 1. The minimum atomic E-state index is -0.921. The van der Waals surface area contributed by atoms with Crippen molar-refractivity contribution < 1.29 is 14.6 Å². The molecule has 0 aliphatic heterocycles. The molecule has 0 fully saturated rings. The van der Waals surface area contributed by atoms with Crippen LogP contribution >= 0.6 is 11.6 Å². The molecule has 0 saturated heterocycles. The topological polar surface area (TPSA) is 79.4 Å². The number of hydrogen-bond acceptors (Lipinski definition) is 3. The number of aliphatic carboxylic acids is 1. The van der Waals surface area contributed by atoms with Crippen molar-refractivity contribution in [2.24, 2.45) is 0 Å². The van der Waals surface area contributed by atoms with Crippen molar-refractivity contribution in [3.05, 3.63) is 112 Å². The lowest BCUT2D eigenvalue weighted by molar-refractivity contribution is -0.136. The molecule has 1 heterocycles. The maximum atomic E-state index is 12.8. The van der Waals surface area contributed by atoms with Gasteiger partial charge in [-0.3, -0.25) is 9.59 Å². The second-order valence-corrected chi connectivity index (χ2v) is 8.89. The van der Waals surface area contributed by atoms with E-state index in [4.69, 9.17) is 21.4 Å². The van der Waals surface area contributed by atoms with Gasteiger partial charge in [-0.15, -0.1) is 0 Å². The van der Waals surface area contributed by atoms with Crippen LogP contribution in [0.15, 0.2) is 95.8 Å². The molecule has 0 aliphatic rings. The van der Waals surface area contributed by atoms with Crippen LogP contribution in [0.5, 0.6) is 5.75 Å². The number of benzene rings is 4. The van der Waals surface area contributed by atoms with E-state index in [1.807, 2.05) is 60.7 Å². The van der Waals surface area contributed by atoms with Crippen LogP contribution in [-0.2, 0) is 11.2 Å². The predicted molar refractivity (Wildman–Crippen MR) is 144 cm³/mol. The first kappa shape index (κ1) is 23.4. The van der Waals surface area contributed by atoms with Gasteiger partial charge in [0, 0.05) is 22.2 Å². The normalized spacial score (nSPS) is 10.9. The third-order valence-corrected chi connectivity index (χ3v) is 6.45. The molecule has 0 spiro atoms. The number of aromatic amines is 1. The summed E-state index contributed by atoms with van der Waals surface area (Å²) in [5.74, 6) is -0.117. The molecule has 0 saturated carbocycles. The lowest BCUT2D eigenvalue weighted by Crippen LogP contribution is -2.09. The van der Waals surface area contributed by atoms with Crippen molar-refractivity contribution in [3.63, 3.8) is 0 Å². The Morgan fingerprint density at radius 1 is 0.833 bits per heavy atom. The molecule has 178 valence electrons. The zero-order valence-electron chi connectivity index (χ0n) is 19.4. The third-order valence-electron chi connectivity index (χ3n) is 6.14. The fourth-order valence-corrected chi connectivity index (χ4v) is 4.67. The van der Waals surface area contributed by atoms with E-state index < -0.39 is 5.97 Å². The number of methoxy groups -OCH3 is 1. The number of aromatic nitrogens is 1. The molecule has 2 N–H and O–H groups in total. The minimum absolute atomic E-state index is 0.107. The summed E-state index contributed by atoms with van der Waals surface area (Å²) in [6.45, 7) is 0. The second kappa shape index (κ2) is 9.72. The number of halogens is 1. The number of rotatable bonds is 6. The van der Waals surface area contributed by atoms with Gasteiger partial charge in [0.15, 0.2) is 0 Å². The van der Waals surface area contributed by atoms with Gasteiger partial charge in [0.2, 0.25) is 0 Å². The average Bonchev–Trinajstić information content (AvgIpc) is 2.88. The predicted octanol–water partition coefficient (Wildman–Crippen LogP) is 6.82. The van der Waals surface area contributed by atoms with Crippen LogP contribution in [-0.4, -0.2) is 23.2 Å². The first-order chi connectivity index (χ1) is 17.4. The van der Waals surface area contributed by atoms with Gasteiger partial charge in [-0.05, 0) is 51.9 Å². The summed E-state index contributed by atoms with van der Waals surface area (Å²) >= 11 is 6.62. The van der Waals surface area contributed by atoms with Gasteiger partial charge in [0.25, 0.3) is 5.56 Å². The Hall–Kier alpha value is -4.35. The first-order valence-corrected chi connectivity index (χ1v) is 11.7. The number of para-hydroxylation sites is 1. The van der Waals surface area contributed by atoms with Crippen LogP contribution in [0.2, 0.25) is 5.02 Å². The highest BCUT2D eigenvalue weighted by atomic mass is 35.5. The van der Waals surface area contributed by atoms with Crippen molar-refractivity contribution >= 4 is 28.5 Å². The van der Waals surface area contributed by atoms with Gasteiger partial charge in [-0.25, -0.2) is 0 Å². The van der Waals surface area contributed by atoms with E-state index in [2.05, 4.69) is 4.98 Å². The average molecular weight is 496 g/mol. The molecule has 5 nitrogen and oxygen atoms in total. The van der Waals surface area contributed by atoms with E-state index >= 15 is 0 Å². The van der Waals surface area contributed by atoms with E-state index in [1.54, 1.807) is 37.4 Å². The van der Waals surface area contributed by atoms with Gasteiger partial charge >= 0.3 is 5.97 Å². The van der Waals surface area contributed by atoms with Gasteiger partial charge in [0.05, 0.1) is 18.6 Å². The fourth-order valence-electron chi connectivity index (χ4n) is 4.40. The number of ether oxygens (including phenoxy) is 1. The van der Waals surface area contributed by atoms with Crippen LogP contribution in [0.1, 0.15) is 5.56 Å². The standard InChI is InChI=1S/C30H22ClNO4/c1-36-28-8-3-2-7-23(28)19-9-11-20(12-10-19)24-15-22-16-25(30(35)32-27(22)17-26(24)31)21-6-4-5-18(13-21)14-29(33)34/h2-13,15-17H,14H2,1H3,(H,32,35)(H,33,34). The van der Waals surface area contributed by atoms with Gasteiger partial charge in [-0.2, -0.15) is 0 Å². The molecular weight excluding hydrogens is 474 g/mol. The molecular formula is C30H22ClNO4. The van der Waals surface area contributed by atoms with Gasteiger partial charge in [-0.1, -0.05) is 78.3 Å². The van der Waals surface area contributed by atoms with Crippen molar-refractivity contribution in [3.8, 4) is 39.1 Å². The smallest absolute Gasteiger partial charge is 0.307 e. The minimum Gasteiger partial charge on any atom is -0.496 e. The molecule has 0 aliphatic carbocycles. The number of fused-ring (bicyclic) bond motifs is 1. The van der Waals surface area contributed by atoms with E-state index in [1.165, 1.54) is 0 Å². The quantitative estimate of drug-likeness (QED) is 0.271. The van der Waals surface area contributed by atoms with Crippen molar-refractivity contribution in [1.29, 1.82) is 0 Å². The lowest BCUT2D eigenvalue weighted by Gasteiger charge is -2.11. The molecule has 5 rings (SSSR count). The van der Waals surface area contributed by atoms with Crippen LogP contribution in [0.25, 0.3) is 44.3 Å². The van der Waals surface area contributed by atoms with Gasteiger partial charge < -0.3 is 14.8 Å². The first-order valence-electron chi connectivity index (χ1n) is 11.3. The molecule has 0 unspecified atom stereocenters. The second-order valence-electron chi connectivity index (χ2n) is 8.48. The van der Waals surface area contributed by atoms with Crippen molar-refractivity contribution in [2.45, 2.75) is 6.42 Å². The van der Waals surface area contributed by atoms with E-state index in [0.29, 0.717) is 27.2 Å². The van der Waals surface area contributed by atoms with E-state index in [9.17, 15) is 9.59 Å². The summed E-state index contributed by atoms with van der Waals surface area (Å²) in [6.07, 6.45) is -0.107. The number of carbonyl (C=O) groups is 1. The molecule has 5 aromatic rings. The molecule has 6 heteroatoms. The molecule has 4 aromatic carbocycles. The Bertz CT molecular complexity index is 1650. The largest absolute Gasteiger partial charge is 0.496 e. The maximum absolute atomic E-state index is 12.8. The number of pyridine rings is 1. The third kappa shape index (κ3) is 4.61. The summed E-state index contributed by atoms with van der Waals surface area (Å²) < 4.78 is 5.49. The highest BCUT2D eigenvalue weighted by molar-refractivity contribution is 6.34. The number of hydrogen-bond donors (Lipinski definition) is 2. The number of H-pyrrole nitrogens is 1. The van der Waals surface area contributed by atoms with E-state index in [0.717, 1.165) is 33.4 Å². The Labute approximate surface area is 212 Å². The van der Waals surface area contributed by atoms with Gasteiger partial charge in [0.1, 0.15) is 5.75 Å². The van der Waals surface area contributed by atoms with Crippen molar-refractivity contribution in [1.82, 2.24) is 4.98 Å². The molecule has 0 radical (unpaired) electrons. The highest BCUT2D eigenvalue weighted by Gasteiger charge is 2.12. The summed E-state index contributed by atoms with van der Waals surface area (Å²) in [4.78, 5) is 26.9. The summed E-state index contributed by atoms with van der Waals surface area (Å²) in [5.41, 5.74) is 5.94. The lowest BCUT2D eigenvalue weighted by atomic mass is 9.97. The SMILES string of the molecule is COc1ccccc1-c1ccc(-c2cc3cc(-c4cccc(CC(=O)O)c4)c(=O)[nH]c3cc2Cl)cc1. The van der Waals surface area contributed by atoms with Crippen LogP contribution < -0.4 is 10.3 Å². The Kier molecular flexibility index (Phi) is 6.32. The number of carboxylic acid groups (broad SMARTS) is 1. The Morgan fingerprint density at radius 2 is 1.53 bits per heavy atom. The molecule has 0 bridgehead atoms. The van der Waals surface area contributed by atoms with Crippen LogP contribution in [0, 0.1) is 0 Å². The molecule has 1 aromatic heterocycles. The summed E-state index contributed by atoms with van der Waals surface area (Å²) in [6, 6.07) is 28.5. The highest BCUT2D eigenvalue weighted by Crippen LogP contribution is 2.35. The molecule has 0 amide bonds. The maximum Gasteiger partial charge on any atom is 0.307 e. The zero-order chi connectivity index (χ0) is 25.2. The number of nitrogens with one attached hydrogen (secondary N) is 1. The van der Waals surface area contributed by atoms with E-state index in [-0.39, 0.29) is 12.0 Å². The van der Waals surface area contributed by atoms with Crippen LogP contribution in [0.3, 0.4) is 0 Å².